The molecule has 1 aliphatic rings. The van der Waals surface area contributed by atoms with Crippen LogP contribution in [0.5, 0.6) is 0 Å². The molecule has 0 aliphatic carbocycles. The lowest BCUT2D eigenvalue weighted by Gasteiger charge is -2.13. The van der Waals surface area contributed by atoms with E-state index >= 15 is 0 Å². The summed E-state index contributed by atoms with van der Waals surface area (Å²) in [5.41, 5.74) is 5.24. The summed E-state index contributed by atoms with van der Waals surface area (Å²) < 4.78 is 2.27. The van der Waals surface area contributed by atoms with Gasteiger partial charge in [-0.05, 0) is 24.3 Å². The number of nitrogens with one attached hydrogen (secondary N) is 1. The van der Waals surface area contributed by atoms with Gasteiger partial charge in [0.15, 0.2) is 0 Å². The van der Waals surface area contributed by atoms with Crippen LogP contribution in [0.1, 0.15) is 25.8 Å². The quantitative estimate of drug-likeness (QED) is 0.905. The van der Waals surface area contributed by atoms with Crippen molar-refractivity contribution in [2.24, 2.45) is 5.92 Å². The van der Waals surface area contributed by atoms with Crippen LogP contribution in [0.3, 0.4) is 0 Å². The second-order valence-corrected chi connectivity index (χ2v) is 5.67. The number of imidazole rings is 1. The van der Waals surface area contributed by atoms with Gasteiger partial charge in [-0.2, -0.15) is 0 Å². The molecule has 19 heavy (non-hydrogen) atoms. The minimum Gasteiger partial charge on any atom is -0.384 e. The predicted octanol–water partition coefficient (Wildman–Crippen LogP) is 3.56. The fraction of sp³-hybridized carbons (Fsp3) is 0.438. The van der Waals surface area contributed by atoms with E-state index < -0.39 is 0 Å². The average molecular weight is 255 g/mol. The lowest BCUT2D eigenvalue weighted by Crippen LogP contribution is -2.03. The molecule has 3 heteroatoms. The number of hydrogen-bond acceptors (Lipinski definition) is 2. The highest BCUT2D eigenvalue weighted by atomic mass is 15.0. The first kappa shape index (κ1) is 12.3. The van der Waals surface area contributed by atoms with Crippen molar-refractivity contribution in [1.29, 1.82) is 0 Å². The van der Waals surface area contributed by atoms with Crippen LogP contribution < -0.4 is 5.32 Å². The third kappa shape index (κ3) is 2.37. The Balaban J connectivity index is 1.95. The van der Waals surface area contributed by atoms with Crippen molar-refractivity contribution < 1.29 is 0 Å². The van der Waals surface area contributed by atoms with E-state index in [9.17, 15) is 0 Å². The average Bonchev–Trinajstić information content (AvgIpc) is 3.04. The number of aromatic nitrogens is 2. The molecule has 0 radical (unpaired) electrons. The van der Waals surface area contributed by atoms with Crippen LogP contribution in [-0.2, 0) is 13.0 Å². The molecule has 0 spiro atoms. The van der Waals surface area contributed by atoms with Gasteiger partial charge in [-0.1, -0.05) is 32.0 Å². The molecule has 0 fully saturated rings. The Morgan fingerprint density at radius 3 is 3.11 bits per heavy atom. The highest BCUT2D eigenvalue weighted by Gasteiger charge is 2.17. The number of fused-ring (bicyclic) bond motifs is 1. The largest absolute Gasteiger partial charge is 0.384 e. The van der Waals surface area contributed by atoms with Gasteiger partial charge in [0.05, 0.1) is 18.2 Å². The maximum atomic E-state index is 4.34. The van der Waals surface area contributed by atoms with E-state index in [0.717, 1.165) is 25.4 Å². The standard InChI is InChI=1S/C16H21N3/c1-12(2)7-9-19-11-17-10-15(19)14-5-3-4-13-6-8-18-16(13)14/h3-5,10-12,18H,6-9H2,1-2H3. The van der Waals surface area contributed by atoms with Crippen LogP contribution in [0.4, 0.5) is 5.69 Å². The maximum Gasteiger partial charge on any atom is 0.0950 e. The minimum absolute atomic E-state index is 0.717. The number of rotatable bonds is 4. The first-order valence-corrected chi connectivity index (χ1v) is 7.12. The van der Waals surface area contributed by atoms with Crippen molar-refractivity contribution in [3.8, 4) is 11.3 Å². The van der Waals surface area contributed by atoms with Crippen LogP contribution in [0, 0.1) is 5.92 Å². The second kappa shape index (κ2) is 5.08. The molecule has 0 atom stereocenters. The van der Waals surface area contributed by atoms with Crippen molar-refractivity contribution in [3.05, 3.63) is 36.3 Å². The van der Waals surface area contributed by atoms with Gasteiger partial charge in [0.25, 0.3) is 0 Å². The molecule has 2 aromatic rings. The molecule has 0 bridgehead atoms. The highest BCUT2D eigenvalue weighted by Crippen LogP contribution is 2.34. The molecule has 0 saturated carbocycles. The van der Waals surface area contributed by atoms with Gasteiger partial charge < -0.3 is 9.88 Å². The number of aryl methyl sites for hydroxylation is 1. The summed E-state index contributed by atoms with van der Waals surface area (Å²) >= 11 is 0. The van der Waals surface area contributed by atoms with Crippen LogP contribution in [0.15, 0.2) is 30.7 Å². The summed E-state index contributed by atoms with van der Waals surface area (Å²) in [6.45, 7) is 6.61. The molecule has 1 aromatic carbocycles. The summed E-state index contributed by atoms with van der Waals surface area (Å²) in [7, 11) is 0. The summed E-state index contributed by atoms with van der Waals surface area (Å²) in [6.07, 6.45) is 6.25. The summed E-state index contributed by atoms with van der Waals surface area (Å²) in [4.78, 5) is 4.34. The SMILES string of the molecule is CC(C)CCn1cncc1-c1cccc2c1NCC2. The molecule has 2 heterocycles. The first-order chi connectivity index (χ1) is 9.25. The minimum atomic E-state index is 0.717. The molecule has 1 aliphatic heterocycles. The van der Waals surface area contributed by atoms with Gasteiger partial charge in [-0.25, -0.2) is 4.98 Å². The Morgan fingerprint density at radius 2 is 2.26 bits per heavy atom. The van der Waals surface area contributed by atoms with Gasteiger partial charge in [-0.15, -0.1) is 0 Å². The predicted molar refractivity (Wildman–Crippen MR) is 79.3 cm³/mol. The lowest BCUT2D eigenvalue weighted by atomic mass is 10.0. The number of benzene rings is 1. The van der Waals surface area contributed by atoms with Crippen molar-refractivity contribution in [3.63, 3.8) is 0 Å². The molecule has 3 rings (SSSR count). The third-order valence-corrected chi connectivity index (χ3v) is 3.78. The molecule has 1 N–H and O–H groups in total. The van der Waals surface area contributed by atoms with E-state index in [4.69, 9.17) is 0 Å². The van der Waals surface area contributed by atoms with E-state index in [1.807, 2.05) is 12.5 Å². The van der Waals surface area contributed by atoms with Gasteiger partial charge >= 0.3 is 0 Å². The maximum absolute atomic E-state index is 4.34. The zero-order valence-electron chi connectivity index (χ0n) is 11.7. The number of nitrogens with zero attached hydrogens (tertiary/aromatic N) is 2. The first-order valence-electron chi connectivity index (χ1n) is 7.12. The topological polar surface area (TPSA) is 29.9 Å². The monoisotopic (exact) mass is 255 g/mol. The lowest BCUT2D eigenvalue weighted by molar-refractivity contribution is 0.518. The number of hydrogen-bond donors (Lipinski definition) is 1. The van der Waals surface area contributed by atoms with Crippen molar-refractivity contribution >= 4 is 5.69 Å². The summed E-state index contributed by atoms with van der Waals surface area (Å²) in [6, 6.07) is 6.56. The Morgan fingerprint density at radius 1 is 1.37 bits per heavy atom. The summed E-state index contributed by atoms with van der Waals surface area (Å²) in [5, 5.41) is 3.51. The molecule has 3 nitrogen and oxygen atoms in total. The van der Waals surface area contributed by atoms with Crippen LogP contribution in [0.25, 0.3) is 11.3 Å². The Kier molecular flexibility index (Phi) is 3.28. The van der Waals surface area contributed by atoms with Gasteiger partial charge in [-0.3, -0.25) is 0 Å². The Hall–Kier alpha value is -1.77. The highest BCUT2D eigenvalue weighted by molar-refractivity contribution is 5.79. The molecular weight excluding hydrogens is 234 g/mol. The van der Waals surface area contributed by atoms with Gasteiger partial charge in [0, 0.05) is 24.3 Å². The molecule has 0 amide bonds. The van der Waals surface area contributed by atoms with Gasteiger partial charge in [0.1, 0.15) is 0 Å². The van der Waals surface area contributed by atoms with Crippen molar-refractivity contribution in [1.82, 2.24) is 9.55 Å². The molecule has 1 aromatic heterocycles. The summed E-state index contributed by atoms with van der Waals surface area (Å²) in [5.74, 6) is 0.717. The fourth-order valence-electron chi connectivity index (χ4n) is 2.67. The van der Waals surface area contributed by atoms with Crippen molar-refractivity contribution in [2.75, 3.05) is 11.9 Å². The van der Waals surface area contributed by atoms with E-state index in [-0.39, 0.29) is 0 Å². The molecule has 100 valence electrons. The van der Waals surface area contributed by atoms with Crippen LogP contribution in [0.2, 0.25) is 0 Å². The molecule has 0 saturated heterocycles. The van der Waals surface area contributed by atoms with Crippen LogP contribution in [-0.4, -0.2) is 16.1 Å². The van der Waals surface area contributed by atoms with E-state index in [0.29, 0.717) is 0 Å². The third-order valence-electron chi connectivity index (χ3n) is 3.78. The smallest absolute Gasteiger partial charge is 0.0950 e. The molecule has 0 unspecified atom stereocenters. The molecular formula is C16H21N3. The number of para-hydroxylation sites is 1. The Bertz CT molecular complexity index is 569. The van der Waals surface area contributed by atoms with E-state index in [2.05, 4.69) is 46.9 Å². The second-order valence-electron chi connectivity index (χ2n) is 5.67. The Labute approximate surface area is 114 Å². The zero-order valence-corrected chi connectivity index (χ0v) is 11.7. The van der Waals surface area contributed by atoms with Crippen molar-refractivity contribution in [2.45, 2.75) is 33.2 Å². The fourth-order valence-corrected chi connectivity index (χ4v) is 2.67. The zero-order chi connectivity index (χ0) is 13.2. The van der Waals surface area contributed by atoms with Crippen LogP contribution >= 0.6 is 0 Å². The van der Waals surface area contributed by atoms with Gasteiger partial charge in [0.2, 0.25) is 0 Å². The number of anilines is 1. The van der Waals surface area contributed by atoms with E-state index in [1.165, 1.54) is 28.9 Å². The normalized spacial score (nSPS) is 13.6. The van der Waals surface area contributed by atoms with E-state index in [1.54, 1.807) is 0 Å².